The van der Waals surface area contributed by atoms with Crippen molar-refractivity contribution in [3.63, 3.8) is 0 Å². The fourth-order valence-corrected chi connectivity index (χ4v) is 3.30. The molecule has 0 saturated carbocycles. The number of aromatic nitrogens is 2. The highest BCUT2D eigenvalue weighted by molar-refractivity contribution is 5.95. The lowest BCUT2D eigenvalue weighted by molar-refractivity contribution is 0.0705. The van der Waals surface area contributed by atoms with Gasteiger partial charge >= 0.3 is 0 Å². The summed E-state index contributed by atoms with van der Waals surface area (Å²) in [5.74, 6) is 1.05. The molecule has 6 heteroatoms. The first-order valence-electron chi connectivity index (χ1n) is 8.48. The summed E-state index contributed by atoms with van der Waals surface area (Å²) in [5, 5.41) is 9.54. The molecule has 1 amide bonds. The predicted molar refractivity (Wildman–Crippen MR) is 93.5 cm³/mol. The molecule has 0 aliphatic carbocycles. The molecule has 0 radical (unpaired) electrons. The molecular formula is C19H23N3O3. The number of nitrogens with zero attached hydrogens (tertiary/aromatic N) is 3. The number of hydrogen-bond acceptors (Lipinski definition) is 5. The van der Waals surface area contributed by atoms with Crippen LogP contribution in [0.4, 0.5) is 0 Å². The van der Waals surface area contributed by atoms with E-state index in [1.807, 2.05) is 17.9 Å². The van der Waals surface area contributed by atoms with Crippen LogP contribution in [-0.2, 0) is 11.3 Å². The number of carbonyl (C=O) groups excluding carboxylic acids is 1. The predicted octanol–water partition coefficient (Wildman–Crippen LogP) is 2.66. The molecule has 132 valence electrons. The van der Waals surface area contributed by atoms with Crippen LogP contribution in [0.2, 0.25) is 0 Å². The van der Waals surface area contributed by atoms with Crippen molar-refractivity contribution in [3.05, 3.63) is 53.1 Å². The van der Waals surface area contributed by atoms with Gasteiger partial charge in [-0.25, -0.2) is 9.97 Å². The van der Waals surface area contributed by atoms with Crippen LogP contribution < -0.4 is 0 Å². The molecule has 1 aromatic carbocycles. The van der Waals surface area contributed by atoms with Crippen molar-refractivity contribution in [1.82, 2.24) is 14.9 Å². The zero-order valence-corrected chi connectivity index (χ0v) is 14.6. The molecule has 1 N–H and O–H groups in total. The van der Waals surface area contributed by atoms with E-state index in [1.54, 1.807) is 31.5 Å². The number of aryl methyl sites for hydroxylation is 1. The van der Waals surface area contributed by atoms with Crippen LogP contribution in [-0.4, -0.2) is 46.1 Å². The molecule has 2 aromatic rings. The molecule has 1 fully saturated rings. The van der Waals surface area contributed by atoms with Gasteiger partial charge in [-0.3, -0.25) is 4.79 Å². The van der Waals surface area contributed by atoms with Crippen LogP contribution in [0.15, 0.2) is 30.5 Å². The van der Waals surface area contributed by atoms with E-state index >= 15 is 0 Å². The SMILES string of the molecule is COCc1nccc(C2CCCN(C(=O)c3ccc(O)cc3C)C2)n1. The van der Waals surface area contributed by atoms with E-state index in [9.17, 15) is 9.90 Å². The molecule has 6 nitrogen and oxygen atoms in total. The third-order valence-corrected chi connectivity index (χ3v) is 4.57. The molecule has 1 atom stereocenters. The number of piperidine rings is 1. The molecule has 1 aliphatic rings. The second-order valence-corrected chi connectivity index (χ2v) is 6.42. The molecule has 2 heterocycles. The number of rotatable bonds is 4. The van der Waals surface area contributed by atoms with Crippen LogP contribution in [0.25, 0.3) is 0 Å². The Kier molecular flexibility index (Phi) is 5.28. The number of likely N-dealkylation sites (tertiary alicyclic amines) is 1. The van der Waals surface area contributed by atoms with Crippen molar-refractivity contribution in [1.29, 1.82) is 0 Å². The van der Waals surface area contributed by atoms with Crippen LogP contribution in [0.1, 0.15) is 46.2 Å². The number of phenols is 1. The van der Waals surface area contributed by atoms with Gasteiger partial charge in [-0.2, -0.15) is 0 Å². The number of methoxy groups -OCH3 is 1. The van der Waals surface area contributed by atoms with Gasteiger partial charge in [0.15, 0.2) is 5.82 Å². The van der Waals surface area contributed by atoms with Crippen molar-refractivity contribution < 1.29 is 14.6 Å². The molecule has 3 rings (SSSR count). The van der Waals surface area contributed by atoms with Gasteiger partial charge in [-0.1, -0.05) is 0 Å². The van der Waals surface area contributed by atoms with Gasteiger partial charge in [-0.15, -0.1) is 0 Å². The van der Waals surface area contributed by atoms with Gasteiger partial charge in [0.1, 0.15) is 12.4 Å². The Labute approximate surface area is 147 Å². The van der Waals surface area contributed by atoms with Crippen molar-refractivity contribution in [3.8, 4) is 5.75 Å². The second-order valence-electron chi connectivity index (χ2n) is 6.42. The smallest absolute Gasteiger partial charge is 0.254 e. The molecule has 1 unspecified atom stereocenters. The quantitative estimate of drug-likeness (QED) is 0.925. The second kappa shape index (κ2) is 7.61. The lowest BCUT2D eigenvalue weighted by atomic mass is 9.93. The zero-order valence-electron chi connectivity index (χ0n) is 14.6. The molecule has 25 heavy (non-hydrogen) atoms. The first-order valence-corrected chi connectivity index (χ1v) is 8.48. The summed E-state index contributed by atoms with van der Waals surface area (Å²) in [6.07, 6.45) is 3.69. The number of aromatic hydroxyl groups is 1. The number of carbonyl (C=O) groups is 1. The Balaban J connectivity index is 1.76. The fraction of sp³-hybridized carbons (Fsp3) is 0.421. The number of benzene rings is 1. The Hall–Kier alpha value is -2.47. The summed E-state index contributed by atoms with van der Waals surface area (Å²) >= 11 is 0. The number of ether oxygens (including phenoxy) is 1. The summed E-state index contributed by atoms with van der Waals surface area (Å²) < 4.78 is 5.10. The average Bonchev–Trinajstić information content (AvgIpc) is 2.62. The van der Waals surface area contributed by atoms with Crippen LogP contribution >= 0.6 is 0 Å². The number of amides is 1. The van der Waals surface area contributed by atoms with E-state index in [2.05, 4.69) is 9.97 Å². The van der Waals surface area contributed by atoms with Crippen LogP contribution in [0.5, 0.6) is 5.75 Å². The maximum absolute atomic E-state index is 12.9. The minimum Gasteiger partial charge on any atom is -0.508 e. The lowest BCUT2D eigenvalue weighted by Crippen LogP contribution is -2.39. The van der Waals surface area contributed by atoms with E-state index in [0.29, 0.717) is 24.5 Å². The maximum Gasteiger partial charge on any atom is 0.254 e. The molecular weight excluding hydrogens is 318 g/mol. The van der Waals surface area contributed by atoms with Crippen LogP contribution in [0, 0.1) is 6.92 Å². The van der Waals surface area contributed by atoms with Gasteiger partial charge < -0.3 is 14.7 Å². The van der Waals surface area contributed by atoms with Gasteiger partial charge in [0, 0.05) is 43.6 Å². The Morgan fingerprint density at radius 3 is 3.00 bits per heavy atom. The third kappa shape index (κ3) is 3.96. The minimum absolute atomic E-state index is 0.00775. The maximum atomic E-state index is 12.9. The van der Waals surface area contributed by atoms with E-state index in [-0.39, 0.29) is 17.6 Å². The van der Waals surface area contributed by atoms with Gasteiger partial charge in [0.05, 0.1) is 0 Å². The topological polar surface area (TPSA) is 75.5 Å². The summed E-state index contributed by atoms with van der Waals surface area (Å²) in [4.78, 5) is 23.5. The first kappa shape index (κ1) is 17.4. The summed E-state index contributed by atoms with van der Waals surface area (Å²) in [6.45, 7) is 3.61. The highest BCUT2D eigenvalue weighted by Crippen LogP contribution is 2.27. The van der Waals surface area contributed by atoms with Crippen molar-refractivity contribution >= 4 is 5.91 Å². The van der Waals surface area contributed by atoms with Crippen molar-refractivity contribution in [2.75, 3.05) is 20.2 Å². The Morgan fingerprint density at radius 1 is 1.40 bits per heavy atom. The van der Waals surface area contributed by atoms with Crippen molar-refractivity contribution in [2.45, 2.75) is 32.3 Å². The first-order chi connectivity index (χ1) is 12.1. The van der Waals surface area contributed by atoms with Crippen molar-refractivity contribution in [2.24, 2.45) is 0 Å². The standard InChI is InChI=1S/C19H23N3O3/c1-13-10-15(23)5-6-16(13)19(24)22-9-3-4-14(11-22)17-7-8-20-18(21-17)12-25-2/h5-8,10,14,23H,3-4,9,11-12H2,1-2H3. The summed E-state index contributed by atoms with van der Waals surface area (Å²) in [7, 11) is 1.62. The van der Waals surface area contributed by atoms with E-state index in [0.717, 1.165) is 30.6 Å². The largest absolute Gasteiger partial charge is 0.508 e. The van der Waals surface area contributed by atoms with E-state index in [4.69, 9.17) is 4.74 Å². The molecule has 1 aromatic heterocycles. The molecule has 0 bridgehead atoms. The average molecular weight is 341 g/mol. The fourth-order valence-electron chi connectivity index (χ4n) is 3.30. The zero-order chi connectivity index (χ0) is 17.8. The summed E-state index contributed by atoms with van der Waals surface area (Å²) in [6, 6.07) is 6.79. The lowest BCUT2D eigenvalue weighted by Gasteiger charge is -2.33. The number of hydrogen-bond donors (Lipinski definition) is 1. The summed E-state index contributed by atoms with van der Waals surface area (Å²) in [5.41, 5.74) is 2.39. The highest BCUT2D eigenvalue weighted by Gasteiger charge is 2.27. The minimum atomic E-state index is 0.00775. The Morgan fingerprint density at radius 2 is 2.24 bits per heavy atom. The van der Waals surface area contributed by atoms with Gasteiger partial charge in [0.2, 0.25) is 0 Å². The van der Waals surface area contributed by atoms with Crippen LogP contribution in [0.3, 0.4) is 0 Å². The highest BCUT2D eigenvalue weighted by atomic mass is 16.5. The van der Waals surface area contributed by atoms with Gasteiger partial charge in [0.25, 0.3) is 5.91 Å². The normalized spacial score (nSPS) is 17.5. The molecule has 0 spiro atoms. The molecule has 1 saturated heterocycles. The Bertz CT molecular complexity index is 763. The number of phenolic OH excluding ortho intramolecular Hbond substituents is 1. The monoisotopic (exact) mass is 341 g/mol. The van der Waals surface area contributed by atoms with E-state index in [1.165, 1.54) is 0 Å². The van der Waals surface area contributed by atoms with E-state index < -0.39 is 0 Å². The van der Waals surface area contributed by atoms with Gasteiger partial charge in [-0.05, 0) is 49.6 Å². The molecule has 1 aliphatic heterocycles. The third-order valence-electron chi connectivity index (χ3n) is 4.57.